The van der Waals surface area contributed by atoms with Crippen molar-refractivity contribution < 1.29 is 0 Å². The van der Waals surface area contributed by atoms with Gasteiger partial charge in [-0.1, -0.05) is 60.5 Å². The zero-order valence-corrected chi connectivity index (χ0v) is 15.3. The molecule has 0 amide bonds. The number of aliphatic imine (C=N–C) groups is 1. The number of likely N-dealkylation sites (tertiary alicyclic amines) is 1. The predicted molar refractivity (Wildman–Crippen MR) is 105 cm³/mol. The second kappa shape index (κ2) is 7.72. The summed E-state index contributed by atoms with van der Waals surface area (Å²) in [4.78, 5) is 7.65. The number of fused-ring (bicyclic) bond motifs is 2. The molecule has 2 unspecified atom stereocenters. The first-order chi connectivity index (χ1) is 12.3. The summed E-state index contributed by atoms with van der Waals surface area (Å²) in [5.74, 6) is 1.39. The van der Waals surface area contributed by atoms with Crippen LogP contribution in [0.5, 0.6) is 0 Å². The summed E-state index contributed by atoms with van der Waals surface area (Å²) in [6.07, 6.45) is 6.04. The summed E-state index contributed by atoms with van der Waals surface area (Å²) in [6, 6.07) is 19.3. The molecule has 1 heterocycles. The molecule has 2 nitrogen and oxygen atoms in total. The Morgan fingerprint density at radius 3 is 2.32 bits per heavy atom. The van der Waals surface area contributed by atoms with Crippen molar-refractivity contribution in [1.82, 2.24) is 4.90 Å². The fraction of sp³-hybridized carbons (Fsp3) is 0.409. The van der Waals surface area contributed by atoms with Gasteiger partial charge in [-0.2, -0.15) is 0 Å². The van der Waals surface area contributed by atoms with Crippen LogP contribution in [0.25, 0.3) is 0 Å². The molecular weight excluding hydrogens is 328 g/mol. The summed E-state index contributed by atoms with van der Waals surface area (Å²) in [6.45, 7) is 3.42. The Morgan fingerprint density at radius 1 is 0.960 bits per heavy atom. The minimum Gasteiger partial charge on any atom is -0.298 e. The van der Waals surface area contributed by atoms with Gasteiger partial charge < -0.3 is 0 Å². The highest BCUT2D eigenvalue weighted by molar-refractivity contribution is 6.30. The molecule has 2 atom stereocenters. The molecule has 0 aromatic heterocycles. The van der Waals surface area contributed by atoms with Gasteiger partial charge >= 0.3 is 0 Å². The maximum absolute atomic E-state index is 5.97. The largest absolute Gasteiger partial charge is 0.298 e. The van der Waals surface area contributed by atoms with Crippen molar-refractivity contribution in [2.24, 2.45) is 16.8 Å². The lowest BCUT2D eigenvalue weighted by atomic mass is 9.73. The highest BCUT2D eigenvalue weighted by Crippen LogP contribution is 2.37. The SMILES string of the molecule is Clc1ccc(C=NC2C3CCCC2CN(Cc2ccccc2)C3)cc1. The molecule has 0 radical (unpaired) electrons. The van der Waals surface area contributed by atoms with Gasteiger partial charge in [0.1, 0.15) is 0 Å². The van der Waals surface area contributed by atoms with Gasteiger partial charge in [-0.25, -0.2) is 0 Å². The van der Waals surface area contributed by atoms with E-state index in [1.807, 2.05) is 24.3 Å². The number of piperidine rings is 1. The molecule has 2 aromatic carbocycles. The molecule has 0 spiro atoms. The highest BCUT2D eigenvalue weighted by Gasteiger charge is 2.38. The van der Waals surface area contributed by atoms with Gasteiger partial charge in [0.15, 0.2) is 0 Å². The smallest absolute Gasteiger partial charge is 0.0580 e. The second-order valence-corrected chi connectivity index (χ2v) is 7.89. The van der Waals surface area contributed by atoms with E-state index in [2.05, 4.69) is 41.4 Å². The van der Waals surface area contributed by atoms with E-state index < -0.39 is 0 Å². The van der Waals surface area contributed by atoms with Crippen molar-refractivity contribution in [3.63, 3.8) is 0 Å². The Kier molecular flexibility index (Phi) is 5.19. The van der Waals surface area contributed by atoms with E-state index in [4.69, 9.17) is 16.6 Å². The third-order valence-electron chi connectivity index (χ3n) is 5.62. The average molecular weight is 353 g/mol. The molecule has 4 rings (SSSR count). The Morgan fingerprint density at radius 2 is 1.64 bits per heavy atom. The van der Waals surface area contributed by atoms with Crippen molar-refractivity contribution in [1.29, 1.82) is 0 Å². The van der Waals surface area contributed by atoms with Crippen molar-refractivity contribution >= 4 is 17.8 Å². The molecule has 2 aromatic rings. The Bertz CT molecular complexity index is 697. The van der Waals surface area contributed by atoms with Crippen LogP contribution < -0.4 is 0 Å². The molecule has 2 bridgehead atoms. The lowest BCUT2D eigenvalue weighted by Crippen LogP contribution is -2.50. The molecular formula is C22H25ClN2. The lowest BCUT2D eigenvalue weighted by molar-refractivity contribution is 0.0602. The van der Waals surface area contributed by atoms with Crippen LogP contribution in [-0.4, -0.2) is 30.2 Å². The van der Waals surface area contributed by atoms with Crippen molar-refractivity contribution in [3.8, 4) is 0 Å². The van der Waals surface area contributed by atoms with E-state index in [1.54, 1.807) is 0 Å². The van der Waals surface area contributed by atoms with Crippen molar-refractivity contribution in [3.05, 3.63) is 70.7 Å². The fourth-order valence-electron chi connectivity index (χ4n) is 4.44. The third kappa shape index (κ3) is 4.13. The molecule has 1 aliphatic heterocycles. The van der Waals surface area contributed by atoms with Gasteiger partial charge in [0.25, 0.3) is 0 Å². The van der Waals surface area contributed by atoms with Crippen LogP contribution in [0, 0.1) is 11.8 Å². The van der Waals surface area contributed by atoms with E-state index >= 15 is 0 Å². The van der Waals surface area contributed by atoms with Crippen molar-refractivity contribution in [2.75, 3.05) is 13.1 Å². The van der Waals surface area contributed by atoms with Crippen LogP contribution in [0.2, 0.25) is 5.02 Å². The first-order valence-electron chi connectivity index (χ1n) is 9.33. The topological polar surface area (TPSA) is 15.6 Å². The first kappa shape index (κ1) is 16.8. The van der Waals surface area contributed by atoms with E-state index in [-0.39, 0.29) is 0 Å². The molecule has 25 heavy (non-hydrogen) atoms. The maximum Gasteiger partial charge on any atom is 0.0580 e. The summed E-state index contributed by atoms with van der Waals surface area (Å²) >= 11 is 5.97. The van der Waals surface area contributed by atoms with E-state index in [0.717, 1.165) is 17.1 Å². The standard InChI is InChI=1S/C22H25ClN2/c23-21-11-9-17(10-12-21)13-24-22-19-7-4-8-20(22)16-25(15-19)14-18-5-2-1-3-6-18/h1-3,5-6,9-13,19-20,22H,4,7-8,14-16H2. The molecule has 2 aliphatic rings. The predicted octanol–water partition coefficient (Wildman–Crippen LogP) is 5.06. The fourth-order valence-corrected chi connectivity index (χ4v) is 4.57. The molecule has 1 saturated heterocycles. The third-order valence-corrected chi connectivity index (χ3v) is 5.87. The van der Waals surface area contributed by atoms with E-state index in [9.17, 15) is 0 Å². The van der Waals surface area contributed by atoms with Gasteiger partial charge in [-0.05, 0) is 47.9 Å². The van der Waals surface area contributed by atoms with Gasteiger partial charge in [0, 0.05) is 30.9 Å². The molecule has 130 valence electrons. The van der Waals surface area contributed by atoms with Crippen molar-refractivity contribution in [2.45, 2.75) is 31.8 Å². The molecule has 1 saturated carbocycles. The second-order valence-electron chi connectivity index (χ2n) is 7.45. The van der Waals surface area contributed by atoms with Gasteiger partial charge in [-0.3, -0.25) is 9.89 Å². The number of hydrogen-bond donors (Lipinski definition) is 0. The zero-order valence-electron chi connectivity index (χ0n) is 14.5. The maximum atomic E-state index is 5.97. The van der Waals surface area contributed by atoms with E-state index in [0.29, 0.717) is 17.9 Å². The lowest BCUT2D eigenvalue weighted by Gasteiger charge is -2.45. The van der Waals surface area contributed by atoms with Crippen LogP contribution in [0.15, 0.2) is 59.6 Å². The first-order valence-corrected chi connectivity index (χ1v) is 9.71. The Hall–Kier alpha value is -1.64. The molecule has 1 aliphatic carbocycles. The van der Waals surface area contributed by atoms with Crippen LogP contribution in [-0.2, 0) is 6.54 Å². The molecule has 3 heteroatoms. The minimum atomic E-state index is 0.483. The average Bonchev–Trinajstić information content (AvgIpc) is 2.62. The summed E-state index contributed by atoms with van der Waals surface area (Å²) < 4.78 is 0. The van der Waals surface area contributed by atoms with Crippen LogP contribution in [0.1, 0.15) is 30.4 Å². The highest BCUT2D eigenvalue weighted by atomic mass is 35.5. The number of rotatable bonds is 4. The van der Waals surface area contributed by atoms with Gasteiger partial charge in [0.2, 0.25) is 0 Å². The number of benzene rings is 2. The Labute approximate surface area is 155 Å². The molecule has 2 fully saturated rings. The monoisotopic (exact) mass is 352 g/mol. The van der Waals surface area contributed by atoms with Crippen LogP contribution in [0.3, 0.4) is 0 Å². The van der Waals surface area contributed by atoms with E-state index in [1.165, 1.54) is 37.9 Å². The molecule has 0 N–H and O–H groups in total. The number of halogens is 1. The minimum absolute atomic E-state index is 0.483. The summed E-state index contributed by atoms with van der Waals surface area (Å²) in [7, 11) is 0. The quantitative estimate of drug-likeness (QED) is 0.702. The van der Waals surface area contributed by atoms with Crippen LogP contribution >= 0.6 is 11.6 Å². The summed E-state index contributed by atoms with van der Waals surface area (Å²) in [5.41, 5.74) is 2.57. The van der Waals surface area contributed by atoms with Crippen LogP contribution in [0.4, 0.5) is 0 Å². The summed E-state index contributed by atoms with van der Waals surface area (Å²) in [5, 5.41) is 0.781. The number of hydrogen-bond acceptors (Lipinski definition) is 2. The zero-order chi connectivity index (χ0) is 17.1. The number of nitrogens with zero attached hydrogens (tertiary/aromatic N) is 2. The normalized spacial score (nSPS) is 26.8. The Balaban J connectivity index is 1.44. The van der Waals surface area contributed by atoms with Gasteiger partial charge in [0.05, 0.1) is 6.04 Å². The van der Waals surface area contributed by atoms with Gasteiger partial charge in [-0.15, -0.1) is 0 Å².